The number of anilines is 1. The van der Waals surface area contributed by atoms with Gasteiger partial charge in [0.05, 0.1) is 18.8 Å². The Balaban J connectivity index is 2.44. The molecule has 0 bridgehead atoms. The summed E-state index contributed by atoms with van der Waals surface area (Å²) in [6.07, 6.45) is 0. The smallest absolute Gasteiger partial charge is 0.289 e. The summed E-state index contributed by atoms with van der Waals surface area (Å²) in [5.41, 5.74) is 7.24. The van der Waals surface area contributed by atoms with Crippen LogP contribution in [0.5, 0.6) is 0 Å². The van der Waals surface area contributed by atoms with Crippen LogP contribution in [0.4, 0.5) is 5.69 Å². The minimum atomic E-state index is -0.285. The van der Waals surface area contributed by atoms with Crippen molar-refractivity contribution in [3.63, 3.8) is 0 Å². The monoisotopic (exact) mass is 245 g/mol. The number of nitrogen functional groups attached to an aromatic ring is 1. The minimum absolute atomic E-state index is 0.194. The van der Waals surface area contributed by atoms with Crippen LogP contribution in [0.15, 0.2) is 41.2 Å². The van der Waals surface area contributed by atoms with Gasteiger partial charge in [-0.25, -0.2) is 4.68 Å². The van der Waals surface area contributed by atoms with Crippen molar-refractivity contribution in [3.05, 3.63) is 46.8 Å². The second-order valence-corrected chi connectivity index (χ2v) is 3.87. The lowest BCUT2D eigenvalue weighted by Gasteiger charge is -2.08. The molecule has 5 heteroatoms. The highest BCUT2D eigenvalue weighted by Crippen LogP contribution is 2.16. The van der Waals surface area contributed by atoms with Gasteiger partial charge in [0, 0.05) is 12.7 Å². The quantitative estimate of drug-likeness (QED) is 0.876. The third kappa shape index (κ3) is 2.57. The Labute approximate surface area is 105 Å². The molecule has 2 aromatic rings. The van der Waals surface area contributed by atoms with Gasteiger partial charge in [-0.2, -0.15) is 5.10 Å². The molecule has 94 valence electrons. The first-order chi connectivity index (χ1) is 8.72. The first kappa shape index (κ1) is 12.3. The maximum Gasteiger partial charge on any atom is 0.289 e. The van der Waals surface area contributed by atoms with E-state index in [0.717, 1.165) is 5.56 Å². The zero-order valence-electron chi connectivity index (χ0n) is 10.2. The van der Waals surface area contributed by atoms with Crippen molar-refractivity contribution in [2.75, 3.05) is 19.5 Å². The molecule has 0 saturated carbocycles. The van der Waals surface area contributed by atoms with Crippen molar-refractivity contribution in [2.45, 2.75) is 6.54 Å². The predicted octanol–water partition coefficient (Wildman–Crippen LogP) is 1.14. The Morgan fingerprint density at radius 2 is 2.06 bits per heavy atom. The van der Waals surface area contributed by atoms with E-state index < -0.39 is 0 Å². The van der Waals surface area contributed by atoms with E-state index in [0.29, 0.717) is 18.8 Å². The third-order valence-corrected chi connectivity index (χ3v) is 2.58. The Kier molecular flexibility index (Phi) is 3.74. The van der Waals surface area contributed by atoms with E-state index in [-0.39, 0.29) is 11.2 Å². The van der Waals surface area contributed by atoms with E-state index in [1.165, 1.54) is 4.68 Å². The summed E-state index contributed by atoms with van der Waals surface area (Å²) >= 11 is 0. The lowest BCUT2D eigenvalue weighted by atomic mass is 10.1. The average molecular weight is 245 g/mol. The lowest BCUT2D eigenvalue weighted by Crippen LogP contribution is -2.27. The minimum Gasteiger partial charge on any atom is -0.394 e. The SMILES string of the molecule is COCCn1nc(-c2ccccc2)cc(N)c1=O. The van der Waals surface area contributed by atoms with E-state index in [1.807, 2.05) is 30.3 Å². The largest absolute Gasteiger partial charge is 0.394 e. The maximum absolute atomic E-state index is 11.8. The molecule has 0 saturated heterocycles. The standard InChI is InChI=1S/C13H15N3O2/c1-18-8-7-16-13(17)11(14)9-12(15-16)10-5-3-2-4-6-10/h2-6,9H,7-8,14H2,1H3. The van der Waals surface area contributed by atoms with Gasteiger partial charge in [-0.05, 0) is 6.07 Å². The molecule has 0 spiro atoms. The zero-order chi connectivity index (χ0) is 13.0. The van der Waals surface area contributed by atoms with Gasteiger partial charge in [0.25, 0.3) is 5.56 Å². The number of nitrogens with zero attached hydrogens (tertiary/aromatic N) is 2. The molecular formula is C13H15N3O2. The molecule has 18 heavy (non-hydrogen) atoms. The van der Waals surface area contributed by atoms with Crippen LogP contribution in [-0.4, -0.2) is 23.5 Å². The normalized spacial score (nSPS) is 10.5. The van der Waals surface area contributed by atoms with Crippen LogP contribution in [0, 0.1) is 0 Å². The van der Waals surface area contributed by atoms with Gasteiger partial charge < -0.3 is 10.5 Å². The first-order valence-corrected chi connectivity index (χ1v) is 5.64. The molecule has 0 aliphatic heterocycles. The number of nitrogens with two attached hydrogens (primary N) is 1. The van der Waals surface area contributed by atoms with Gasteiger partial charge in [-0.1, -0.05) is 30.3 Å². The van der Waals surface area contributed by atoms with Crippen LogP contribution in [0.25, 0.3) is 11.3 Å². The van der Waals surface area contributed by atoms with Crippen LogP contribution in [0.3, 0.4) is 0 Å². The highest BCUT2D eigenvalue weighted by Gasteiger charge is 2.07. The molecule has 1 aromatic heterocycles. The van der Waals surface area contributed by atoms with Crippen molar-refractivity contribution in [2.24, 2.45) is 0 Å². The molecule has 5 nitrogen and oxygen atoms in total. The van der Waals surface area contributed by atoms with Gasteiger partial charge in [-0.15, -0.1) is 0 Å². The molecule has 2 rings (SSSR count). The van der Waals surface area contributed by atoms with Crippen molar-refractivity contribution < 1.29 is 4.74 Å². The number of ether oxygens (including phenoxy) is 1. The molecule has 0 amide bonds. The lowest BCUT2D eigenvalue weighted by molar-refractivity contribution is 0.182. The van der Waals surface area contributed by atoms with Gasteiger partial charge in [0.15, 0.2) is 0 Å². The summed E-state index contributed by atoms with van der Waals surface area (Å²) in [5, 5.41) is 4.29. The summed E-state index contributed by atoms with van der Waals surface area (Å²) in [4.78, 5) is 11.8. The van der Waals surface area contributed by atoms with Gasteiger partial charge in [0.1, 0.15) is 5.69 Å². The van der Waals surface area contributed by atoms with Crippen LogP contribution >= 0.6 is 0 Å². The molecule has 0 aliphatic carbocycles. The number of hydrogen-bond donors (Lipinski definition) is 1. The van der Waals surface area contributed by atoms with Crippen LogP contribution in [0.1, 0.15) is 0 Å². The van der Waals surface area contributed by atoms with E-state index in [1.54, 1.807) is 13.2 Å². The number of rotatable bonds is 4. The predicted molar refractivity (Wildman–Crippen MR) is 70.2 cm³/mol. The summed E-state index contributed by atoms with van der Waals surface area (Å²) in [6.45, 7) is 0.810. The van der Waals surface area contributed by atoms with E-state index in [4.69, 9.17) is 10.5 Å². The summed E-state index contributed by atoms with van der Waals surface area (Å²) in [7, 11) is 1.58. The molecule has 1 heterocycles. The molecule has 2 N–H and O–H groups in total. The number of methoxy groups -OCH3 is 1. The maximum atomic E-state index is 11.8. The fourth-order valence-corrected chi connectivity index (χ4v) is 1.64. The zero-order valence-corrected chi connectivity index (χ0v) is 10.2. The molecule has 0 aliphatic rings. The van der Waals surface area contributed by atoms with Crippen LogP contribution < -0.4 is 11.3 Å². The van der Waals surface area contributed by atoms with E-state index in [9.17, 15) is 4.79 Å². The molecule has 0 radical (unpaired) electrons. The number of aromatic nitrogens is 2. The Morgan fingerprint density at radius 1 is 1.33 bits per heavy atom. The second kappa shape index (κ2) is 5.46. The fourth-order valence-electron chi connectivity index (χ4n) is 1.64. The summed E-state index contributed by atoms with van der Waals surface area (Å²) in [6, 6.07) is 11.2. The second-order valence-electron chi connectivity index (χ2n) is 3.87. The third-order valence-electron chi connectivity index (χ3n) is 2.58. The Bertz CT molecular complexity index is 579. The highest BCUT2D eigenvalue weighted by atomic mass is 16.5. The van der Waals surface area contributed by atoms with Crippen molar-refractivity contribution in [3.8, 4) is 11.3 Å². The highest BCUT2D eigenvalue weighted by molar-refractivity contribution is 5.61. The van der Waals surface area contributed by atoms with Gasteiger partial charge >= 0.3 is 0 Å². The van der Waals surface area contributed by atoms with E-state index >= 15 is 0 Å². The Hall–Kier alpha value is -2.14. The molecule has 0 unspecified atom stereocenters. The van der Waals surface area contributed by atoms with Crippen molar-refractivity contribution in [1.82, 2.24) is 9.78 Å². The number of benzene rings is 1. The Morgan fingerprint density at radius 3 is 2.72 bits per heavy atom. The van der Waals surface area contributed by atoms with Crippen LogP contribution in [-0.2, 0) is 11.3 Å². The number of hydrogen-bond acceptors (Lipinski definition) is 4. The van der Waals surface area contributed by atoms with Crippen LogP contribution in [0.2, 0.25) is 0 Å². The van der Waals surface area contributed by atoms with Crippen molar-refractivity contribution in [1.29, 1.82) is 0 Å². The molecule has 0 atom stereocenters. The molecule has 0 fully saturated rings. The summed E-state index contributed by atoms with van der Waals surface area (Å²) < 4.78 is 6.28. The first-order valence-electron chi connectivity index (χ1n) is 5.64. The van der Waals surface area contributed by atoms with Gasteiger partial charge in [0.2, 0.25) is 0 Å². The molecular weight excluding hydrogens is 230 g/mol. The topological polar surface area (TPSA) is 70.1 Å². The summed E-state index contributed by atoms with van der Waals surface area (Å²) in [5.74, 6) is 0. The molecule has 1 aromatic carbocycles. The van der Waals surface area contributed by atoms with E-state index in [2.05, 4.69) is 5.10 Å². The van der Waals surface area contributed by atoms with Gasteiger partial charge in [-0.3, -0.25) is 4.79 Å². The van der Waals surface area contributed by atoms with Crippen molar-refractivity contribution >= 4 is 5.69 Å². The average Bonchev–Trinajstić information content (AvgIpc) is 2.41. The fraction of sp³-hybridized carbons (Fsp3) is 0.231.